The van der Waals surface area contributed by atoms with Crippen molar-refractivity contribution in [2.45, 2.75) is 45.4 Å². The number of hydrogen-bond donors (Lipinski definition) is 2. The number of benzene rings is 2. The Morgan fingerprint density at radius 1 is 0.903 bits per heavy atom. The molecule has 2 amide bonds. The third-order valence-corrected chi connectivity index (χ3v) is 7.58. The molecule has 0 unspecified atom stereocenters. The summed E-state index contributed by atoms with van der Waals surface area (Å²) in [6.07, 6.45) is 0.883. The summed E-state index contributed by atoms with van der Waals surface area (Å²) in [6, 6.07) is 10.6. The van der Waals surface area contributed by atoms with Crippen LogP contribution in [0.2, 0.25) is 0 Å². The lowest BCUT2D eigenvalue weighted by molar-refractivity contribution is -0.121. The number of nitrogens with one attached hydrogen (secondary N) is 2. The second-order valence-corrected chi connectivity index (χ2v) is 10.1. The summed E-state index contributed by atoms with van der Waals surface area (Å²) in [7, 11) is -3.58. The summed E-state index contributed by atoms with van der Waals surface area (Å²) in [5.41, 5.74) is 4.03. The molecule has 1 aliphatic heterocycles. The number of amides is 2. The van der Waals surface area contributed by atoms with Gasteiger partial charge in [-0.05, 0) is 74.6 Å². The van der Waals surface area contributed by atoms with E-state index in [9.17, 15) is 18.0 Å². The van der Waals surface area contributed by atoms with E-state index >= 15 is 0 Å². The SMILES string of the molecule is CC(=O)Nc1ccc(C)cc1NC(=O)C1CCN(S(=O)(=O)c2ccc(C)c(C)c2)CC1. The molecule has 1 fully saturated rings. The van der Waals surface area contributed by atoms with Crippen LogP contribution in [0.5, 0.6) is 0 Å². The summed E-state index contributed by atoms with van der Waals surface area (Å²) < 4.78 is 27.4. The standard InChI is InChI=1S/C23H29N3O4S/c1-15-5-8-21(24-18(4)27)22(13-15)25-23(28)19-9-11-26(12-10-19)31(29,30)20-7-6-16(2)17(3)14-20/h5-8,13-14,19H,9-12H2,1-4H3,(H,24,27)(H,25,28). The maximum absolute atomic E-state index is 13.0. The minimum absolute atomic E-state index is 0.166. The molecule has 0 radical (unpaired) electrons. The largest absolute Gasteiger partial charge is 0.325 e. The summed E-state index contributed by atoms with van der Waals surface area (Å²) >= 11 is 0. The molecule has 0 atom stereocenters. The first kappa shape index (κ1) is 23.0. The predicted octanol–water partition coefficient (Wildman–Crippen LogP) is 3.61. The highest BCUT2D eigenvalue weighted by molar-refractivity contribution is 7.89. The second kappa shape index (κ2) is 9.20. The molecule has 0 bridgehead atoms. The Morgan fingerprint density at radius 2 is 1.58 bits per heavy atom. The lowest BCUT2D eigenvalue weighted by Gasteiger charge is -2.30. The van der Waals surface area contributed by atoms with E-state index in [1.54, 1.807) is 18.2 Å². The van der Waals surface area contributed by atoms with Crippen LogP contribution < -0.4 is 10.6 Å². The molecule has 0 saturated carbocycles. The van der Waals surface area contributed by atoms with Gasteiger partial charge >= 0.3 is 0 Å². The predicted molar refractivity (Wildman–Crippen MR) is 122 cm³/mol. The monoisotopic (exact) mass is 443 g/mol. The maximum Gasteiger partial charge on any atom is 0.243 e. The number of piperidine rings is 1. The minimum Gasteiger partial charge on any atom is -0.325 e. The third-order valence-electron chi connectivity index (χ3n) is 5.68. The van der Waals surface area contributed by atoms with Crippen molar-refractivity contribution in [2.24, 2.45) is 5.92 Å². The van der Waals surface area contributed by atoms with Gasteiger partial charge in [-0.3, -0.25) is 9.59 Å². The number of aryl methyl sites for hydroxylation is 3. The lowest BCUT2D eigenvalue weighted by atomic mass is 9.97. The van der Waals surface area contributed by atoms with Crippen molar-refractivity contribution in [2.75, 3.05) is 23.7 Å². The highest BCUT2D eigenvalue weighted by Crippen LogP contribution is 2.28. The van der Waals surface area contributed by atoms with Gasteiger partial charge < -0.3 is 10.6 Å². The molecular weight excluding hydrogens is 414 g/mol. The van der Waals surface area contributed by atoms with Crippen molar-refractivity contribution in [3.8, 4) is 0 Å². The Morgan fingerprint density at radius 3 is 2.19 bits per heavy atom. The number of hydrogen-bond acceptors (Lipinski definition) is 4. The molecule has 2 N–H and O–H groups in total. The van der Waals surface area contributed by atoms with E-state index in [-0.39, 0.29) is 17.7 Å². The molecular formula is C23H29N3O4S. The normalized spacial score (nSPS) is 15.5. The zero-order valence-corrected chi connectivity index (χ0v) is 19.2. The maximum atomic E-state index is 13.0. The van der Waals surface area contributed by atoms with Crippen LogP contribution in [0.1, 0.15) is 36.5 Å². The molecule has 0 aliphatic carbocycles. The van der Waals surface area contributed by atoms with Crippen LogP contribution >= 0.6 is 0 Å². The fourth-order valence-electron chi connectivity index (χ4n) is 3.68. The molecule has 3 rings (SSSR count). The second-order valence-electron chi connectivity index (χ2n) is 8.14. The van der Waals surface area contributed by atoms with Crippen LogP contribution in [0.25, 0.3) is 0 Å². The molecule has 2 aromatic rings. The summed E-state index contributed by atoms with van der Waals surface area (Å²) in [5, 5.41) is 5.63. The van der Waals surface area contributed by atoms with Crippen molar-refractivity contribution in [1.29, 1.82) is 0 Å². The quantitative estimate of drug-likeness (QED) is 0.738. The van der Waals surface area contributed by atoms with E-state index in [1.807, 2.05) is 39.0 Å². The Balaban J connectivity index is 1.67. The van der Waals surface area contributed by atoms with Gasteiger partial charge in [-0.15, -0.1) is 0 Å². The van der Waals surface area contributed by atoms with Gasteiger partial charge in [-0.25, -0.2) is 8.42 Å². The number of carbonyl (C=O) groups excluding carboxylic acids is 2. The van der Waals surface area contributed by atoms with Gasteiger partial charge in [0.05, 0.1) is 16.3 Å². The van der Waals surface area contributed by atoms with Crippen molar-refractivity contribution in [3.63, 3.8) is 0 Å². The molecule has 2 aromatic carbocycles. The number of carbonyl (C=O) groups is 2. The number of nitrogens with zero attached hydrogens (tertiary/aromatic N) is 1. The van der Waals surface area contributed by atoms with E-state index in [2.05, 4.69) is 10.6 Å². The van der Waals surface area contributed by atoms with Crippen molar-refractivity contribution >= 4 is 33.2 Å². The number of rotatable bonds is 5. The van der Waals surface area contributed by atoms with Gasteiger partial charge in [0.2, 0.25) is 21.8 Å². The summed E-state index contributed by atoms with van der Waals surface area (Å²) in [5.74, 6) is -0.679. The molecule has 0 aromatic heterocycles. The smallest absolute Gasteiger partial charge is 0.243 e. The fourth-order valence-corrected chi connectivity index (χ4v) is 5.23. The van der Waals surface area contributed by atoms with Crippen LogP contribution in [0.15, 0.2) is 41.3 Å². The lowest BCUT2D eigenvalue weighted by Crippen LogP contribution is -2.41. The summed E-state index contributed by atoms with van der Waals surface area (Å²) in [6.45, 7) is 7.74. The van der Waals surface area contributed by atoms with E-state index in [1.165, 1.54) is 11.2 Å². The minimum atomic E-state index is -3.58. The van der Waals surface area contributed by atoms with Crippen molar-refractivity contribution < 1.29 is 18.0 Å². The molecule has 31 heavy (non-hydrogen) atoms. The third kappa shape index (κ3) is 5.32. The topological polar surface area (TPSA) is 95.6 Å². The average Bonchev–Trinajstić information content (AvgIpc) is 2.71. The van der Waals surface area contributed by atoms with E-state index < -0.39 is 10.0 Å². The summed E-state index contributed by atoms with van der Waals surface area (Å²) in [4.78, 5) is 24.6. The number of sulfonamides is 1. The zero-order valence-electron chi connectivity index (χ0n) is 18.4. The molecule has 1 saturated heterocycles. The number of anilines is 2. The Hall–Kier alpha value is -2.71. The van der Waals surface area contributed by atoms with Crippen molar-refractivity contribution in [3.05, 3.63) is 53.1 Å². The van der Waals surface area contributed by atoms with Gasteiger partial charge in [0, 0.05) is 25.9 Å². The highest BCUT2D eigenvalue weighted by atomic mass is 32.2. The Bertz CT molecular complexity index is 1100. The van der Waals surface area contributed by atoms with Gasteiger partial charge in [-0.1, -0.05) is 12.1 Å². The van der Waals surface area contributed by atoms with Gasteiger partial charge in [0.15, 0.2) is 0 Å². The van der Waals surface area contributed by atoms with Crippen LogP contribution in [-0.2, 0) is 19.6 Å². The van der Waals surface area contributed by atoms with Crippen molar-refractivity contribution in [1.82, 2.24) is 4.31 Å². The molecule has 166 valence electrons. The molecule has 1 heterocycles. The van der Waals surface area contributed by atoms with E-state index in [4.69, 9.17) is 0 Å². The Labute approximate surface area is 183 Å². The van der Waals surface area contributed by atoms with Gasteiger partial charge in [-0.2, -0.15) is 4.31 Å². The highest BCUT2D eigenvalue weighted by Gasteiger charge is 2.32. The molecule has 1 aliphatic rings. The average molecular weight is 444 g/mol. The first-order valence-electron chi connectivity index (χ1n) is 10.3. The zero-order chi connectivity index (χ0) is 22.8. The van der Waals surface area contributed by atoms with Crippen LogP contribution in [0.4, 0.5) is 11.4 Å². The first-order valence-corrected chi connectivity index (χ1v) is 11.8. The van der Waals surface area contributed by atoms with E-state index in [0.717, 1.165) is 16.7 Å². The van der Waals surface area contributed by atoms with Gasteiger partial charge in [0.1, 0.15) is 0 Å². The van der Waals surface area contributed by atoms with Crippen LogP contribution in [0.3, 0.4) is 0 Å². The molecule has 0 spiro atoms. The van der Waals surface area contributed by atoms with Gasteiger partial charge in [0.25, 0.3) is 0 Å². The van der Waals surface area contributed by atoms with E-state index in [0.29, 0.717) is 42.2 Å². The van der Waals surface area contributed by atoms with Crippen LogP contribution in [0, 0.1) is 26.7 Å². The molecule has 8 heteroatoms. The van der Waals surface area contributed by atoms with Crippen LogP contribution in [-0.4, -0.2) is 37.6 Å². The first-order chi connectivity index (χ1) is 14.6. The fraction of sp³-hybridized carbons (Fsp3) is 0.391. The Kier molecular flexibility index (Phi) is 6.81. The molecule has 7 nitrogen and oxygen atoms in total.